The first kappa shape index (κ1) is 13.2. The Morgan fingerprint density at radius 2 is 2.18 bits per heavy atom. The van der Waals surface area contributed by atoms with Crippen LogP contribution in [-0.2, 0) is 4.79 Å². The molecule has 0 atom stereocenters. The molecule has 0 fully saturated rings. The van der Waals surface area contributed by atoms with Crippen molar-refractivity contribution in [2.45, 2.75) is 13.3 Å². The molecule has 5 nitrogen and oxygen atoms in total. The van der Waals surface area contributed by atoms with Gasteiger partial charge in [-0.25, -0.2) is 4.98 Å². The maximum atomic E-state index is 11.3. The SMILES string of the molecule is Cc1ccc(OCCC(=O)N(C)C)c(C=O)n1. The van der Waals surface area contributed by atoms with Gasteiger partial charge in [0, 0.05) is 19.8 Å². The molecule has 1 rings (SSSR count). The number of hydrogen-bond acceptors (Lipinski definition) is 4. The van der Waals surface area contributed by atoms with Gasteiger partial charge in [-0.15, -0.1) is 0 Å². The molecule has 0 unspecified atom stereocenters. The minimum Gasteiger partial charge on any atom is -0.491 e. The fourth-order valence-electron chi connectivity index (χ4n) is 1.24. The van der Waals surface area contributed by atoms with Gasteiger partial charge in [0.25, 0.3) is 0 Å². The monoisotopic (exact) mass is 236 g/mol. The average molecular weight is 236 g/mol. The van der Waals surface area contributed by atoms with E-state index in [1.165, 1.54) is 4.90 Å². The van der Waals surface area contributed by atoms with Crippen LogP contribution in [0, 0.1) is 6.92 Å². The molecule has 92 valence electrons. The van der Waals surface area contributed by atoms with Crippen LogP contribution in [0.5, 0.6) is 5.75 Å². The lowest BCUT2D eigenvalue weighted by Crippen LogP contribution is -2.23. The molecule has 17 heavy (non-hydrogen) atoms. The number of rotatable bonds is 5. The number of amides is 1. The zero-order valence-corrected chi connectivity index (χ0v) is 10.3. The van der Waals surface area contributed by atoms with E-state index in [2.05, 4.69) is 4.98 Å². The topological polar surface area (TPSA) is 59.5 Å². The summed E-state index contributed by atoms with van der Waals surface area (Å²) in [5.41, 5.74) is 1.02. The number of nitrogens with zero attached hydrogens (tertiary/aromatic N) is 2. The van der Waals surface area contributed by atoms with Crippen molar-refractivity contribution >= 4 is 12.2 Å². The molecule has 1 amide bonds. The molecule has 0 N–H and O–H groups in total. The van der Waals surface area contributed by atoms with Crippen LogP contribution in [0.3, 0.4) is 0 Å². The van der Waals surface area contributed by atoms with E-state index in [9.17, 15) is 9.59 Å². The zero-order valence-electron chi connectivity index (χ0n) is 10.3. The van der Waals surface area contributed by atoms with E-state index >= 15 is 0 Å². The smallest absolute Gasteiger partial charge is 0.225 e. The Labute approximate surface area is 100 Å². The number of aldehydes is 1. The fraction of sp³-hybridized carbons (Fsp3) is 0.417. The third-order valence-corrected chi connectivity index (χ3v) is 2.21. The molecular weight excluding hydrogens is 220 g/mol. The summed E-state index contributed by atoms with van der Waals surface area (Å²) in [7, 11) is 3.37. The van der Waals surface area contributed by atoms with E-state index in [1.54, 1.807) is 33.2 Å². The molecule has 0 saturated heterocycles. The third-order valence-electron chi connectivity index (χ3n) is 2.21. The van der Waals surface area contributed by atoms with E-state index in [1.807, 2.05) is 0 Å². The molecule has 1 aromatic rings. The molecule has 0 spiro atoms. The Balaban J connectivity index is 2.57. The molecule has 1 heterocycles. The van der Waals surface area contributed by atoms with E-state index in [0.29, 0.717) is 12.0 Å². The summed E-state index contributed by atoms with van der Waals surface area (Å²) in [5, 5.41) is 0. The van der Waals surface area contributed by atoms with Gasteiger partial charge in [-0.1, -0.05) is 0 Å². The quantitative estimate of drug-likeness (QED) is 0.717. The van der Waals surface area contributed by atoms with Crippen LogP contribution in [0.25, 0.3) is 0 Å². The van der Waals surface area contributed by atoms with Crippen molar-refractivity contribution in [1.82, 2.24) is 9.88 Å². The Kier molecular flexibility index (Phi) is 4.63. The summed E-state index contributed by atoms with van der Waals surface area (Å²) in [4.78, 5) is 27.6. The second-order valence-electron chi connectivity index (χ2n) is 3.84. The van der Waals surface area contributed by atoms with Gasteiger partial charge in [0.15, 0.2) is 6.29 Å². The van der Waals surface area contributed by atoms with Crippen molar-refractivity contribution in [1.29, 1.82) is 0 Å². The third kappa shape index (κ3) is 3.86. The Hall–Kier alpha value is -1.91. The van der Waals surface area contributed by atoms with E-state index < -0.39 is 0 Å². The fourth-order valence-corrected chi connectivity index (χ4v) is 1.24. The van der Waals surface area contributed by atoms with Crippen molar-refractivity contribution in [3.63, 3.8) is 0 Å². The largest absolute Gasteiger partial charge is 0.491 e. The average Bonchev–Trinajstić information content (AvgIpc) is 2.30. The predicted molar refractivity (Wildman–Crippen MR) is 63.2 cm³/mol. The summed E-state index contributed by atoms with van der Waals surface area (Å²) in [6.07, 6.45) is 0.926. The van der Waals surface area contributed by atoms with Gasteiger partial charge >= 0.3 is 0 Å². The van der Waals surface area contributed by atoms with Crippen molar-refractivity contribution in [3.8, 4) is 5.75 Å². The van der Waals surface area contributed by atoms with E-state index in [4.69, 9.17) is 4.74 Å². The molecule has 0 aliphatic rings. The normalized spacial score (nSPS) is 9.82. The highest BCUT2D eigenvalue weighted by Gasteiger charge is 2.07. The van der Waals surface area contributed by atoms with Gasteiger partial charge in [0.1, 0.15) is 11.4 Å². The molecule has 0 saturated carbocycles. The van der Waals surface area contributed by atoms with Gasteiger partial charge in [-0.3, -0.25) is 9.59 Å². The highest BCUT2D eigenvalue weighted by molar-refractivity contribution is 5.77. The first-order chi connectivity index (χ1) is 8.04. The Morgan fingerprint density at radius 1 is 1.47 bits per heavy atom. The summed E-state index contributed by atoms with van der Waals surface area (Å²) < 4.78 is 5.36. The first-order valence-corrected chi connectivity index (χ1v) is 5.30. The summed E-state index contributed by atoms with van der Waals surface area (Å²) in [6, 6.07) is 3.45. The zero-order chi connectivity index (χ0) is 12.8. The van der Waals surface area contributed by atoms with Crippen LogP contribution >= 0.6 is 0 Å². The molecule has 0 aliphatic heterocycles. The number of carbonyl (C=O) groups is 2. The number of pyridine rings is 1. The molecule has 0 aliphatic carbocycles. The van der Waals surface area contributed by atoms with Gasteiger partial charge in [-0.2, -0.15) is 0 Å². The molecular formula is C12H16N2O3. The second-order valence-corrected chi connectivity index (χ2v) is 3.84. The van der Waals surface area contributed by atoms with Crippen molar-refractivity contribution < 1.29 is 14.3 Å². The van der Waals surface area contributed by atoms with Crippen molar-refractivity contribution in [2.75, 3.05) is 20.7 Å². The minimum atomic E-state index is -0.0160. The molecule has 0 radical (unpaired) electrons. The van der Waals surface area contributed by atoms with Crippen molar-refractivity contribution in [3.05, 3.63) is 23.5 Å². The number of aromatic nitrogens is 1. The molecule has 0 aromatic carbocycles. The molecule has 0 bridgehead atoms. The molecule has 1 aromatic heterocycles. The second kappa shape index (κ2) is 5.98. The minimum absolute atomic E-state index is 0.0160. The maximum Gasteiger partial charge on any atom is 0.225 e. The summed E-state index contributed by atoms with van der Waals surface area (Å²) in [6.45, 7) is 2.04. The van der Waals surface area contributed by atoms with Crippen LogP contribution in [-0.4, -0.2) is 42.8 Å². The van der Waals surface area contributed by atoms with Crippen LogP contribution in [0.2, 0.25) is 0 Å². The molecule has 5 heteroatoms. The highest BCUT2D eigenvalue weighted by atomic mass is 16.5. The predicted octanol–water partition coefficient (Wildman–Crippen LogP) is 1.06. The van der Waals surface area contributed by atoms with Crippen LogP contribution < -0.4 is 4.74 Å². The number of aryl methyl sites for hydroxylation is 1. The van der Waals surface area contributed by atoms with Gasteiger partial charge in [-0.05, 0) is 19.1 Å². The lowest BCUT2D eigenvalue weighted by Gasteiger charge is -2.11. The first-order valence-electron chi connectivity index (χ1n) is 5.30. The lowest BCUT2D eigenvalue weighted by molar-refractivity contribution is -0.129. The maximum absolute atomic E-state index is 11.3. The van der Waals surface area contributed by atoms with Gasteiger partial charge in [0.05, 0.1) is 13.0 Å². The highest BCUT2D eigenvalue weighted by Crippen LogP contribution is 2.15. The number of ether oxygens (including phenoxy) is 1. The van der Waals surface area contributed by atoms with E-state index in [0.717, 1.165) is 5.69 Å². The van der Waals surface area contributed by atoms with Crippen LogP contribution in [0.4, 0.5) is 0 Å². The Bertz CT molecular complexity index is 416. The standard InChI is InChI=1S/C12H16N2O3/c1-9-4-5-11(10(8-15)13-9)17-7-6-12(16)14(2)3/h4-5,8H,6-7H2,1-3H3. The number of carbonyl (C=O) groups excluding carboxylic acids is 2. The van der Waals surface area contributed by atoms with Gasteiger partial charge < -0.3 is 9.64 Å². The van der Waals surface area contributed by atoms with Crippen LogP contribution in [0.1, 0.15) is 22.6 Å². The lowest BCUT2D eigenvalue weighted by atomic mass is 10.3. The van der Waals surface area contributed by atoms with Gasteiger partial charge in [0.2, 0.25) is 5.91 Å². The van der Waals surface area contributed by atoms with Crippen molar-refractivity contribution in [2.24, 2.45) is 0 Å². The van der Waals surface area contributed by atoms with Crippen LogP contribution in [0.15, 0.2) is 12.1 Å². The Morgan fingerprint density at radius 3 is 2.76 bits per heavy atom. The summed E-state index contributed by atoms with van der Waals surface area (Å²) in [5.74, 6) is 0.398. The van der Waals surface area contributed by atoms with E-state index in [-0.39, 0.29) is 24.6 Å². The summed E-state index contributed by atoms with van der Waals surface area (Å²) >= 11 is 0. The number of hydrogen-bond donors (Lipinski definition) is 0.